The first-order valence-electron chi connectivity index (χ1n) is 5.61. The molecule has 4 N–H and O–H groups in total. The molecule has 1 heterocycles. The van der Waals surface area contributed by atoms with Crippen molar-refractivity contribution in [3.63, 3.8) is 0 Å². The Morgan fingerprint density at radius 3 is 2.80 bits per heavy atom. The van der Waals surface area contributed by atoms with Gasteiger partial charge in [-0.15, -0.1) is 0 Å². The summed E-state index contributed by atoms with van der Waals surface area (Å²) in [6.45, 7) is 0. The molecule has 1 amide bonds. The lowest BCUT2D eigenvalue weighted by Gasteiger charge is -2.07. The van der Waals surface area contributed by atoms with Gasteiger partial charge in [-0.2, -0.15) is 0 Å². The molecule has 0 aliphatic rings. The van der Waals surface area contributed by atoms with Gasteiger partial charge in [0.15, 0.2) is 5.84 Å². The first-order valence-corrected chi connectivity index (χ1v) is 5.61. The molecular weight excluding hydrogens is 263 g/mol. The lowest BCUT2D eigenvalue weighted by atomic mass is 10.1. The van der Waals surface area contributed by atoms with Crippen molar-refractivity contribution in [2.45, 2.75) is 0 Å². The first kappa shape index (κ1) is 13.5. The van der Waals surface area contributed by atoms with Crippen molar-refractivity contribution in [2.24, 2.45) is 10.9 Å². The molecular formula is C13H11FN4O2. The predicted molar refractivity (Wildman–Crippen MR) is 71.1 cm³/mol. The zero-order valence-corrected chi connectivity index (χ0v) is 10.2. The van der Waals surface area contributed by atoms with Crippen LogP contribution in [0.4, 0.5) is 10.1 Å². The highest BCUT2D eigenvalue weighted by Crippen LogP contribution is 2.15. The van der Waals surface area contributed by atoms with Crippen LogP contribution in [-0.4, -0.2) is 21.9 Å². The number of pyridine rings is 1. The molecule has 20 heavy (non-hydrogen) atoms. The topological polar surface area (TPSA) is 101 Å². The summed E-state index contributed by atoms with van der Waals surface area (Å²) < 4.78 is 13.5. The monoisotopic (exact) mass is 274 g/mol. The van der Waals surface area contributed by atoms with Crippen molar-refractivity contribution in [3.8, 4) is 0 Å². The molecule has 2 aromatic rings. The highest BCUT2D eigenvalue weighted by molar-refractivity contribution is 6.04. The number of halogens is 1. The van der Waals surface area contributed by atoms with Crippen LogP contribution in [0.15, 0.2) is 47.8 Å². The molecule has 7 heteroatoms. The molecule has 1 aromatic heterocycles. The molecule has 0 aliphatic heterocycles. The molecule has 0 saturated carbocycles. The van der Waals surface area contributed by atoms with Crippen molar-refractivity contribution in [1.29, 1.82) is 0 Å². The molecule has 0 unspecified atom stereocenters. The fourth-order valence-electron chi connectivity index (χ4n) is 1.55. The maximum Gasteiger partial charge on any atom is 0.274 e. The van der Waals surface area contributed by atoms with Crippen LogP contribution >= 0.6 is 0 Å². The summed E-state index contributed by atoms with van der Waals surface area (Å²) in [6.07, 6.45) is 1.49. The number of anilines is 1. The zero-order chi connectivity index (χ0) is 14.5. The lowest BCUT2D eigenvalue weighted by molar-refractivity contribution is 0.102. The van der Waals surface area contributed by atoms with Crippen LogP contribution in [0.25, 0.3) is 0 Å². The van der Waals surface area contributed by atoms with Crippen LogP contribution in [0, 0.1) is 5.82 Å². The second-order valence-corrected chi connectivity index (χ2v) is 3.85. The lowest BCUT2D eigenvalue weighted by Crippen LogP contribution is -2.17. The van der Waals surface area contributed by atoms with E-state index >= 15 is 0 Å². The third-order valence-electron chi connectivity index (χ3n) is 2.51. The Morgan fingerprint density at radius 2 is 2.15 bits per heavy atom. The Morgan fingerprint density at radius 1 is 1.35 bits per heavy atom. The quantitative estimate of drug-likeness (QED) is 0.342. The van der Waals surface area contributed by atoms with Gasteiger partial charge in [0.1, 0.15) is 11.5 Å². The number of amides is 1. The molecule has 6 nitrogen and oxygen atoms in total. The van der Waals surface area contributed by atoms with E-state index < -0.39 is 11.7 Å². The van der Waals surface area contributed by atoms with Gasteiger partial charge in [0.2, 0.25) is 0 Å². The number of benzene rings is 1. The summed E-state index contributed by atoms with van der Waals surface area (Å²) >= 11 is 0. The summed E-state index contributed by atoms with van der Waals surface area (Å²) in [6, 6.07) is 8.65. The maximum atomic E-state index is 13.5. The first-order chi connectivity index (χ1) is 9.61. The minimum Gasteiger partial charge on any atom is -0.409 e. The van der Waals surface area contributed by atoms with E-state index in [1.807, 2.05) is 0 Å². The number of carbonyl (C=O) groups excluding carboxylic acids is 1. The van der Waals surface area contributed by atoms with Gasteiger partial charge in [-0.05, 0) is 30.3 Å². The van der Waals surface area contributed by atoms with Crippen LogP contribution in [0.3, 0.4) is 0 Å². The van der Waals surface area contributed by atoms with Crippen LogP contribution < -0.4 is 11.1 Å². The number of aromatic nitrogens is 1. The molecule has 0 saturated heterocycles. The number of nitrogens with two attached hydrogens (primary N) is 1. The Kier molecular flexibility index (Phi) is 3.90. The number of oxime groups is 1. The smallest absolute Gasteiger partial charge is 0.274 e. The minimum absolute atomic E-state index is 0.105. The average Bonchev–Trinajstić information content (AvgIpc) is 2.49. The fraction of sp³-hybridized carbons (Fsp3) is 0. The average molecular weight is 274 g/mol. The molecule has 0 radical (unpaired) electrons. The molecule has 0 atom stereocenters. The van der Waals surface area contributed by atoms with E-state index in [-0.39, 0.29) is 17.1 Å². The highest BCUT2D eigenvalue weighted by Gasteiger charge is 2.11. The van der Waals surface area contributed by atoms with Gasteiger partial charge in [-0.25, -0.2) is 4.39 Å². The third kappa shape index (κ3) is 2.89. The summed E-state index contributed by atoms with van der Waals surface area (Å²) in [5.41, 5.74) is 5.77. The number of amidine groups is 1. The van der Waals surface area contributed by atoms with Gasteiger partial charge in [-0.3, -0.25) is 9.78 Å². The van der Waals surface area contributed by atoms with E-state index in [4.69, 9.17) is 10.9 Å². The van der Waals surface area contributed by atoms with E-state index in [1.54, 1.807) is 18.2 Å². The largest absolute Gasteiger partial charge is 0.409 e. The molecule has 2 rings (SSSR count). The number of nitrogens with zero attached hydrogens (tertiary/aromatic N) is 2. The molecule has 0 spiro atoms. The third-order valence-corrected chi connectivity index (χ3v) is 2.51. The van der Waals surface area contributed by atoms with Gasteiger partial charge in [0.05, 0.1) is 5.56 Å². The van der Waals surface area contributed by atoms with Crippen LogP contribution in [0.5, 0.6) is 0 Å². The normalized spacial score (nSPS) is 11.2. The fourth-order valence-corrected chi connectivity index (χ4v) is 1.55. The van der Waals surface area contributed by atoms with E-state index in [9.17, 15) is 9.18 Å². The summed E-state index contributed by atoms with van der Waals surface area (Å²) in [7, 11) is 0. The van der Waals surface area contributed by atoms with Gasteiger partial charge in [0.25, 0.3) is 5.91 Å². The van der Waals surface area contributed by atoms with Crippen molar-refractivity contribution in [3.05, 3.63) is 59.7 Å². The number of hydrogen-bond donors (Lipinski definition) is 3. The van der Waals surface area contributed by atoms with Crippen molar-refractivity contribution >= 4 is 17.4 Å². The summed E-state index contributed by atoms with van der Waals surface area (Å²) in [5.74, 6) is -1.48. The van der Waals surface area contributed by atoms with E-state index in [1.165, 1.54) is 18.3 Å². The maximum absolute atomic E-state index is 13.5. The van der Waals surface area contributed by atoms with E-state index in [0.717, 1.165) is 6.07 Å². The molecule has 1 aromatic carbocycles. The molecule has 0 fully saturated rings. The van der Waals surface area contributed by atoms with E-state index in [2.05, 4.69) is 15.5 Å². The van der Waals surface area contributed by atoms with Crippen LogP contribution in [0.1, 0.15) is 16.1 Å². The molecule has 0 aliphatic carbocycles. The SMILES string of the molecule is NC(=NO)c1cc(NC(=O)c2ccccn2)ccc1F. The Balaban J connectivity index is 2.25. The molecule has 102 valence electrons. The zero-order valence-electron chi connectivity index (χ0n) is 10.2. The Hall–Kier alpha value is -2.96. The molecule has 0 bridgehead atoms. The standard InChI is InChI=1S/C13H11FN4O2/c14-10-5-4-8(7-9(10)12(15)18-20)17-13(19)11-3-1-2-6-16-11/h1-7,20H,(H2,15,18)(H,17,19). The second kappa shape index (κ2) is 5.79. The van der Waals surface area contributed by atoms with E-state index in [0.29, 0.717) is 5.69 Å². The van der Waals surface area contributed by atoms with Crippen molar-refractivity contribution in [2.75, 3.05) is 5.32 Å². The minimum atomic E-state index is -0.656. The number of hydrogen-bond acceptors (Lipinski definition) is 4. The number of nitrogens with one attached hydrogen (secondary N) is 1. The van der Waals surface area contributed by atoms with Crippen LogP contribution in [0.2, 0.25) is 0 Å². The van der Waals surface area contributed by atoms with Gasteiger partial charge in [0, 0.05) is 11.9 Å². The summed E-state index contributed by atoms with van der Waals surface area (Å²) in [5, 5.41) is 13.8. The number of rotatable bonds is 3. The van der Waals surface area contributed by atoms with Gasteiger partial charge >= 0.3 is 0 Å². The highest BCUT2D eigenvalue weighted by atomic mass is 19.1. The Labute approximate surface area is 113 Å². The predicted octanol–water partition coefficient (Wildman–Crippen LogP) is 1.57. The Bertz CT molecular complexity index is 659. The van der Waals surface area contributed by atoms with Crippen molar-refractivity contribution in [1.82, 2.24) is 4.98 Å². The number of carbonyl (C=O) groups is 1. The van der Waals surface area contributed by atoms with Gasteiger partial charge in [-0.1, -0.05) is 11.2 Å². The van der Waals surface area contributed by atoms with Crippen LogP contribution in [-0.2, 0) is 0 Å². The van der Waals surface area contributed by atoms with Gasteiger partial charge < -0.3 is 16.3 Å². The van der Waals surface area contributed by atoms with Crippen molar-refractivity contribution < 1.29 is 14.4 Å². The second-order valence-electron chi connectivity index (χ2n) is 3.85. The summed E-state index contributed by atoms with van der Waals surface area (Å²) in [4.78, 5) is 15.8.